The van der Waals surface area contributed by atoms with Crippen LogP contribution in [0.1, 0.15) is 51.9 Å². The number of unbranched alkanes of at least 4 members (excludes halogenated alkanes) is 1. The summed E-state index contributed by atoms with van der Waals surface area (Å²) in [5.74, 6) is 0.360. The van der Waals surface area contributed by atoms with Crippen molar-refractivity contribution in [3.8, 4) is 5.75 Å². The predicted molar refractivity (Wildman–Crippen MR) is 62.2 cm³/mol. The summed E-state index contributed by atoms with van der Waals surface area (Å²) in [7, 11) is 0. The molecule has 0 saturated carbocycles. The zero-order valence-electron chi connectivity index (χ0n) is 10.5. The van der Waals surface area contributed by atoms with E-state index in [2.05, 4.69) is 32.8 Å². The Hall–Kier alpha value is -0.990. The molecule has 86 valence electrons. The molecule has 0 bridgehead atoms. The third kappa shape index (κ3) is 2.52. The largest absolute Gasteiger partial charge is 0.504 e. The van der Waals surface area contributed by atoms with Crippen LogP contribution in [0.3, 0.4) is 0 Å². The summed E-state index contributed by atoms with van der Waals surface area (Å²) in [6, 6.07) is 0. The predicted octanol–water partition coefficient (Wildman–Crippen LogP) is 2.99. The summed E-state index contributed by atoms with van der Waals surface area (Å²) in [5, 5.41) is 14.5. The number of hydrogen-bond donors (Lipinski definition) is 1. The van der Waals surface area contributed by atoms with E-state index >= 15 is 0 Å². The standard InChI is InChI=1S/C12H22N2O/c1-6-7-8-14-9(2)10(15)11(13-14)12(3,4)5/h15H,6-8H2,1-5H3. The molecule has 0 fully saturated rings. The van der Waals surface area contributed by atoms with Crippen LogP contribution in [-0.2, 0) is 12.0 Å². The number of aromatic hydroxyl groups is 1. The first-order valence-electron chi connectivity index (χ1n) is 5.64. The quantitative estimate of drug-likeness (QED) is 0.832. The molecule has 1 aromatic heterocycles. The lowest BCUT2D eigenvalue weighted by atomic mass is 9.91. The van der Waals surface area contributed by atoms with Crippen LogP contribution in [0.15, 0.2) is 0 Å². The van der Waals surface area contributed by atoms with Crippen molar-refractivity contribution in [2.45, 2.75) is 59.4 Å². The van der Waals surface area contributed by atoms with E-state index in [4.69, 9.17) is 0 Å². The highest BCUT2D eigenvalue weighted by atomic mass is 16.3. The summed E-state index contributed by atoms with van der Waals surface area (Å²) in [6.07, 6.45) is 2.25. The minimum Gasteiger partial charge on any atom is -0.504 e. The lowest BCUT2D eigenvalue weighted by molar-refractivity contribution is 0.441. The van der Waals surface area contributed by atoms with Gasteiger partial charge in [0.1, 0.15) is 5.69 Å². The SMILES string of the molecule is CCCCn1nc(C(C)(C)C)c(O)c1C. The third-order valence-electron chi connectivity index (χ3n) is 2.61. The van der Waals surface area contributed by atoms with Crippen LogP contribution >= 0.6 is 0 Å². The van der Waals surface area contributed by atoms with Gasteiger partial charge in [-0.2, -0.15) is 5.10 Å². The second-order valence-electron chi connectivity index (χ2n) is 5.11. The van der Waals surface area contributed by atoms with Crippen molar-refractivity contribution in [3.63, 3.8) is 0 Å². The van der Waals surface area contributed by atoms with E-state index in [1.807, 2.05) is 11.6 Å². The van der Waals surface area contributed by atoms with Crippen molar-refractivity contribution in [2.24, 2.45) is 0 Å². The number of rotatable bonds is 3. The summed E-state index contributed by atoms with van der Waals surface area (Å²) in [5.41, 5.74) is 1.59. The molecule has 0 radical (unpaired) electrons. The van der Waals surface area contributed by atoms with Gasteiger partial charge in [-0.3, -0.25) is 4.68 Å². The van der Waals surface area contributed by atoms with Crippen LogP contribution in [-0.4, -0.2) is 14.9 Å². The van der Waals surface area contributed by atoms with Crippen LogP contribution in [0.4, 0.5) is 0 Å². The zero-order valence-corrected chi connectivity index (χ0v) is 10.5. The van der Waals surface area contributed by atoms with Gasteiger partial charge in [0.25, 0.3) is 0 Å². The first kappa shape index (κ1) is 12.1. The molecule has 3 nitrogen and oxygen atoms in total. The van der Waals surface area contributed by atoms with Crippen molar-refractivity contribution in [2.75, 3.05) is 0 Å². The van der Waals surface area contributed by atoms with Crippen molar-refractivity contribution in [1.29, 1.82) is 0 Å². The van der Waals surface area contributed by atoms with Crippen LogP contribution in [0, 0.1) is 6.92 Å². The average Bonchev–Trinajstić information content (AvgIpc) is 2.41. The number of aromatic nitrogens is 2. The molecule has 0 aliphatic carbocycles. The van der Waals surface area contributed by atoms with Gasteiger partial charge >= 0.3 is 0 Å². The molecular weight excluding hydrogens is 188 g/mol. The van der Waals surface area contributed by atoms with Gasteiger partial charge in [0, 0.05) is 12.0 Å². The Morgan fingerprint density at radius 1 is 1.33 bits per heavy atom. The van der Waals surface area contributed by atoms with Crippen molar-refractivity contribution >= 4 is 0 Å². The maximum atomic E-state index is 9.97. The molecule has 0 spiro atoms. The lowest BCUT2D eigenvalue weighted by Crippen LogP contribution is -2.13. The maximum Gasteiger partial charge on any atom is 0.160 e. The number of hydrogen-bond acceptors (Lipinski definition) is 2. The molecule has 1 N–H and O–H groups in total. The van der Waals surface area contributed by atoms with Gasteiger partial charge in [-0.25, -0.2) is 0 Å². The molecule has 3 heteroatoms. The molecule has 1 aromatic rings. The smallest absolute Gasteiger partial charge is 0.160 e. The fraction of sp³-hybridized carbons (Fsp3) is 0.750. The molecule has 0 saturated heterocycles. The van der Waals surface area contributed by atoms with E-state index in [0.29, 0.717) is 5.75 Å². The Bertz CT molecular complexity index is 334. The maximum absolute atomic E-state index is 9.97. The molecule has 0 atom stereocenters. The Kier molecular flexibility index (Phi) is 3.42. The molecule has 0 aliphatic heterocycles. The third-order valence-corrected chi connectivity index (χ3v) is 2.61. The van der Waals surface area contributed by atoms with E-state index in [1.54, 1.807) is 0 Å². The lowest BCUT2D eigenvalue weighted by Gasteiger charge is -2.14. The van der Waals surface area contributed by atoms with E-state index < -0.39 is 0 Å². The van der Waals surface area contributed by atoms with E-state index in [9.17, 15) is 5.11 Å². The summed E-state index contributed by atoms with van der Waals surface area (Å²) < 4.78 is 1.92. The minimum absolute atomic E-state index is 0.0910. The molecular formula is C12H22N2O. The number of aryl methyl sites for hydroxylation is 1. The fourth-order valence-corrected chi connectivity index (χ4v) is 1.57. The topological polar surface area (TPSA) is 38.0 Å². The molecule has 0 aromatic carbocycles. The highest BCUT2D eigenvalue weighted by molar-refractivity contribution is 5.35. The summed E-state index contributed by atoms with van der Waals surface area (Å²) in [6.45, 7) is 11.2. The molecule has 1 rings (SSSR count). The van der Waals surface area contributed by atoms with Gasteiger partial charge in [0.2, 0.25) is 0 Å². The van der Waals surface area contributed by atoms with Gasteiger partial charge in [-0.15, -0.1) is 0 Å². The van der Waals surface area contributed by atoms with Crippen molar-refractivity contribution < 1.29 is 5.11 Å². The number of nitrogens with zero attached hydrogens (tertiary/aromatic N) is 2. The van der Waals surface area contributed by atoms with Gasteiger partial charge in [0.15, 0.2) is 5.75 Å². The second-order valence-corrected chi connectivity index (χ2v) is 5.11. The van der Waals surface area contributed by atoms with Crippen LogP contribution in [0.2, 0.25) is 0 Å². The van der Waals surface area contributed by atoms with E-state index in [-0.39, 0.29) is 5.41 Å². The van der Waals surface area contributed by atoms with Crippen LogP contribution < -0.4 is 0 Å². The molecule has 0 amide bonds. The fourth-order valence-electron chi connectivity index (χ4n) is 1.57. The van der Waals surface area contributed by atoms with Gasteiger partial charge in [-0.1, -0.05) is 34.1 Å². The monoisotopic (exact) mass is 210 g/mol. The average molecular weight is 210 g/mol. The second kappa shape index (κ2) is 4.25. The van der Waals surface area contributed by atoms with Crippen LogP contribution in [0.5, 0.6) is 5.75 Å². The van der Waals surface area contributed by atoms with E-state index in [1.165, 1.54) is 0 Å². The first-order chi connectivity index (χ1) is 6.88. The van der Waals surface area contributed by atoms with Gasteiger partial charge < -0.3 is 5.11 Å². The Morgan fingerprint density at radius 2 is 1.93 bits per heavy atom. The van der Waals surface area contributed by atoms with Crippen molar-refractivity contribution in [1.82, 2.24) is 9.78 Å². The molecule has 0 aliphatic rings. The van der Waals surface area contributed by atoms with Gasteiger partial charge in [0.05, 0.1) is 5.69 Å². The highest BCUT2D eigenvalue weighted by Crippen LogP contribution is 2.31. The Balaban J connectivity index is 3.02. The summed E-state index contributed by atoms with van der Waals surface area (Å²) >= 11 is 0. The summed E-state index contributed by atoms with van der Waals surface area (Å²) in [4.78, 5) is 0. The Morgan fingerprint density at radius 3 is 2.33 bits per heavy atom. The van der Waals surface area contributed by atoms with E-state index in [0.717, 1.165) is 30.8 Å². The minimum atomic E-state index is -0.0910. The van der Waals surface area contributed by atoms with Gasteiger partial charge in [-0.05, 0) is 13.3 Å². The normalized spacial score (nSPS) is 12.1. The molecule has 0 unspecified atom stereocenters. The Labute approximate surface area is 92.1 Å². The zero-order chi connectivity index (χ0) is 11.6. The molecule has 1 heterocycles. The first-order valence-corrected chi connectivity index (χ1v) is 5.64. The van der Waals surface area contributed by atoms with Crippen LogP contribution in [0.25, 0.3) is 0 Å². The van der Waals surface area contributed by atoms with Crippen molar-refractivity contribution in [3.05, 3.63) is 11.4 Å². The highest BCUT2D eigenvalue weighted by Gasteiger charge is 2.24. The molecule has 15 heavy (non-hydrogen) atoms.